The summed E-state index contributed by atoms with van der Waals surface area (Å²) in [5.41, 5.74) is 1.47. The lowest BCUT2D eigenvalue weighted by molar-refractivity contribution is 0.199. The Labute approximate surface area is 115 Å². The number of benzene rings is 1. The van der Waals surface area contributed by atoms with Gasteiger partial charge >= 0.3 is 6.03 Å². The molecule has 0 spiro atoms. The average molecular weight is 264 g/mol. The molecule has 0 aliphatic rings. The second-order valence-corrected chi connectivity index (χ2v) is 5.36. The fraction of sp³-hybridized carbons (Fsp3) is 0.533. The molecule has 2 amide bonds. The van der Waals surface area contributed by atoms with Crippen molar-refractivity contribution < 1.29 is 9.90 Å². The summed E-state index contributed by atoms with van der Waals surface area (Å²) in [4.78, 5) is 11.7. The van der Waals surface area contributed by atoms with Crippen molar-refractivity contribution in [1.29, 1.82) is 0 Å². The topological polar surface area (TPSA) is 61.4 Å². The van der Waals surface area contributed by atoms with Crippen molar-refractivity contribution in [3.8, 4) is 0 Å². The third-order valence-corrected chi connectivity index (χ3v) is 3.35. The molecule has 0 saturated carbocycles. The fourth-order valence-corrected chi connectivity index (χ4v) is 1.54. The number of aliphatic hydroxyl groups is 1. The first-order valence-corrected chi connectivity index (χ1v) is 6.73. The minimum atomic E-state index is -0.536. The van der Waals surface area contributed by atoms with Gasteiger partial charge in [0.1, 0.15) is 0 Å². The molecule has 1 aromatic rings. The summed E-state index contributed by atoms with van der Waals surface area (Å²) in [7, 11) is 0. The number of hydrogen-bond acceptors (Lipinski definition) is 2. The van der Waals surface area contributed by atoms with Gasteiger partial charge in [0.15, 0.2) is 0 Å². The van der Waals surface area contributed by atoms with E-state index in [1.54, 1.807) is 19.1 Å². The highest BCUT2D eigenvalue weighted by atomic mass is 16.3. The van der Waals surface area contributed by atoms with E-state index < -0.39 is 6.10 Å². The number of carbonyl (C=O) groups excluding carboxylic acids is 1. The number of anilines is 1. The highest BCUT2D eigenvalue weighted by molar-refractivity contribution is 5.89. The van der Waals surface area contributed by atoms with E-state index in [2.05, 4.69) is 31.4 Å². The molecule has 4 heteroatoms. The highest BCUT2D eigenvalue weighted by Crippen LogP contribution is 2.16. The number of amides is 2. The van der Waals surface area contributed by atoms with Crippen LogP contribution in [0.2, 0.25) is 0 Å². The Morgan fingerprint density at radius 1 is 1.26 bits per heavy atom. The normalized spacial score (nSPS) is 14.0. The molecule has 2 atom stereocenters. The van der Waals surface area contributed by atoms with Crippen LogP contribution in [0, 0.1) is 11.8 Å². The fourth-order valence-electron chi connectivity index (χ4n) is 1.54. The van der Waals surface area contributed by atoms with E-state index in [1.165, 1.54) is 0 Å². The Kier molecular flexibility index (Phi) is 5.83. The quantitative estimate of drug-likeness (QED) is 0.765. The van der Waals surface area contributed by atoms with Gasteiger partial charge in [-0.1, -0.05) is 32.9 Å². The molecule has 0 aliphatic carbocycles. The lowest BCUT2D eigenvalue weighted by atomic mass is 9.98. The van der Waals surface area contributed by atoms with Gasteiger partial charge in [-0.15, -0.1) is 0 Å². The molecule has 1 rings (SSSR count). The van der Waals surface area contributed by atoms with Gasteiger partial charge in [-0.3, -0.25) is 0 Å². The minimum absolute atomic E-state index is 0.213. The molecule has 2 unspecified atom stereocenters. The lowest BCUT2D eigenvalue weighted by Gasteiger charge is -2.16. The molecule has 0 aliphatic heterocycles. The van der Waals surface area contributed by atoms with Crippen molar-refractivity contribution in [2.75, 3.05) is 11.9 Å². The van der Waals surface area contributed by atoms with E-state index >= 15 is 0 Å². The zero-order chi connectivity index (χ0) is 14.4. The zero-order valence-electron chi connectivity index (χ0n) is 12.1. The van der Waals surface area contributed by atoms with Crippen LogP contribution in [-0.4, -0.2) is 17.7 Å². The van der Waals surface area contributed by atoms with Gasteiger partial charge < -0.3 is 15.7 Å². The molecule has 0 aromatic heterocycles. The molecule has 19 heavy (non-hydrogen) atoms. The smallest absolute Gasteiger partial charge is 0.319 e. The number of rotatable bonds is 5. The summed E-state index contributed by atoms with van der Waals surface area (Å²) in [6.45, 7) is 8.73. The third-order valence-electron chi connectivity index (χ3n) is 3.35. The van der Waals surface area contributed by atoms with Crippen molar-refractivity contribution >= 4 is 11.7 Å². The highest BCUT2D eigenvalue weighted by Gasteiger charge is 2.09. The molecular formula is C15H24N2O2. The van der Waals surface area contributed by atoms with E-state index in [9.17, 15) is 9.90 Å². The van der Waals surface area contributed by atoms with Crippen molar-refractivity contribution in [2.24, 2.45) is 11.8 Å². The standard InChI is InChI=1S/C15H24N2O2/c1-10(2)11(3)9-16-15(19)17-14-7-5-6-13(8-14)12(4)18/h5-8,10-12,18H,9H2,1-4H3,(H2,16,17,19). The van der Waals surface area contributed by atoms with Crippen LogP contribution in [0.1, 0.15) is 39.4 Å². The van der Waals surface area contributed by atoms with Crippen molar-refractivity contribution in [1.82, 2.24) is 5.32 Å². The average Bonchev–Trinajstić information content (AvgIpc) is 2.36. The van der Waals surface area contributed by atoms with Crippen LogP contribution in [0.15, 0.2) is 24.3 Å². The van der Waals surface area contributed by atoms with Gasteiger partial charge in [-0.25, -0.2) is 4.79 Å². The Balaban J connectivity index is 2.50. The summed E-state index contributed by atoms with van der Waals surface area (Å²) >= 11 is 0. The predicted octanol–water partition coefficient (Wildman–Crippen LogP) is 3.15. The molecule has 0 saturated heterocycles. The van der Waals surface area contributed by atoms with Crippen LogP contribution in [0.4, 0.5) is 10.5 Å². The maximum absolute atomic E-state index is 11.7. The Morgan fingerprint density at radius 2 is 1.95 bits per heavy atom. The van der Waals surface area contributed by atoms with Crippen LogP contribution >= 0.6 is 0 Å². The first kappa shape index (κ1) is 15.5. The predicted molar refractivity (Wildman–Crippen MR) is 78.1 cm³/mol. The van der Waals surface area contributed by atoms with Gasteiger partial charge in [0.25, 0.3) is 0 Å². The summed E-state index contributed by atoms with van der Waals surface area (Å²) in [5.74, 6) is 0.980. The molecule has 0 heterocycles. The zero-order valence-corrected chi connectivity index (χ0v) is 12.1. The minimum Gasteiger partial charge on any atom is -0.389 e. The van der Waals surface area contributed by atoms with Gasteiger partial charge in [-0.05, 0) is 36.5 Å². The van der Waals surface area contributed by atoms with Crippen LogP contribution in [0.5, 0.6) is 0 Å². The number of aliphatic hydroxyl groups excluding tert-OH is 1. The first-order chi connectivity index (χ1) is 8.90. The van der Waals surface area contributed by atoms with Gasteiger partial charge in [-0.2, -0.15) is 0 Å². The summed E-state index contributed by atoms with van der Waals surface area (Å²) in [5, 5.41) is 15.1. The lowest BCUT2D eigenvalue weighted by Crippen LogP contribution is -2.33. The largest absolute Gasteiger partial charge is 0.389 e. The summed E-state index contributed by atoms with van der Waals surface area (Å²) < 4.78 is 0. The maximum Gasteiger partial charge on any atom is 0.319 e. The SMILES string of the molecule is CC(O)c1cccc(NC(=O)NCC(C)C(C)C)c1. The molecular weight excluding hydrogens is 240 g/mol. The monoisotopic (exact) mass is 264 g/mol. The molecule has 0 bridgehead atoms. The number of urea groups is 1. The van der Waals surface area contributed by atoms with Gasteiger partial charge in [0, 0.05) is 12.2 Å². The first-order valence-electron chi connectivity index (χ1n) is 6.73. The van der Waals surface area contributed by atoms with E-state index in [0.717, 1.165) is 5.56 Å². The molecule has 4 nitrogen and oxygen atoms in total. The second-order valence-electron chi connectivity index (χ2n) is 5.36. The Bertz CT molecular complexity index is 416. The number of carbonyl (C=O) groups is 1. The van der Waals surface area contributed by atoms with Gasteiger partial charge in [0.2, 0.25) is 0 Å². The van der Waals surface area contributed by atoms with Crippen molar-refractivity contribution in [3.63, 3.8) is 0 Å². The number of hydrogen-bond donors (Lipinski definition) is 3. The van der Waals surface area contributed by atoms with Crippen LogP contribution in [0.25, 0.3) is 0 Å². The van der Waals surface area contributed by atoms with E-state index in [0.29, 0.717) is 24.1 Å². The van der Waals surface area contributed by atoms with Crippen LogP contribution in [-0.2, 0) is 0 Å². The number of nitrogens with one attached hydrogen (secondary N) is 2. The maximum atomic E-state index is 11.7. The van der Waals surface area contributed by atoms with Gasteiger partial charge in [0.05, 0.1) is 6.10 Å². The van der Waals surface area contributed by atoms with Crippen LogP contribution in [0.3, 0.4) is 0 Å². The molecule has 106 valence electrons. The van der Waals surface area contributed by atoms with E-state index in [1.807, 2.05) is 12.1 Å². The Hall–Kier alpha value is -1.55. The molecule has 3 N–H and O–H groups in total. The van der Waals surface area contributed by atoms with Crippen LogP contribution < -0.4 is 10.6 Å². The summed E-state index contributed by atoms with van der Waals surface area (Å²) in [6, 6.07) is 7.01. The third kappa shape index (κ3) is 5.30. The van der Waals surface area contributed by atoms with Crippen molar-refractivity contribution in [2.45, 2.75) is 33.8 Å². The second kappa shape index (κ2) is 7.14. The van der Waals surface area contributed by atoms with Crippen molar-refractivity contribution in [3.05, 3.63) is 29.8 Å². The molecule has 0 radical (unpaired) electrons. The van der Waals surface area contributed by atoms with E-state index in [-0.39, 0.29) is 6.03 Å². The van der Waals surface area contributed by atoms with E-state index in [4.69, 9.17) is 0 Å². The molecule has 0 fully saturated rings. The molecule has 1 aromatic carbocycles. The summed E-state index contributed by atoms with van der Waals surface area (Å²) in [6.07, 6.45) is -0.536. The Morgan fingerprint density at radius 3 is 2.53 bits per heavy atom.